The molecule has 2 aromatic rings. The Morgan fingerprint density at radius 2 is 1.95 bits per heavy atom. The van der Waals surface area contributed by atoms with E-state index in [-0.39, 0.29) is 43.7 Å². The highest BCUT2D eigenvalue weighted by atomic mass is 35.5. The molecule has 212 valence electrons. The molecule has 1 saturated heterocycles. The van der Waals surface area contributed by atoms with Crippen LogP contribution in [-0.2, 0) is 11.4 Å². The van der Waals surface area contributed by atoms with Crippen LogP contribution in [0.3, 0.4) is 0 Å². The fourth-order valence-corrected chi connectivity index (χ4v) is 4.28. The molecule has 1 N–H and O–H groups in total. The number of likely N-dealkylation sites (tertiary alicyclic amines) is 1. The highest BCUT2D eigenvalue weighted by Crippen LogP contribution is 2.32. The number of carboxylic acids is 1. The number of hydrogen-bond acceptors (Lipinski definition) is 6. The molecular formula is C28H32ClF3N2O5. The molecule has 0 aromatic heterocycles. The van der Waals surface area contributed by atoms with Crippen LogP contribution in [0.15, 0.2) is 42.0 Å². The number of nitriles is 1. The van der Waals surface area contributed by atoms with Gasteiger partial charge in [-0.25, -0.2) is 0 Å². The standard InChI is InChI=1S/C27H27F3N2O5.CH4.ClH/c1-17(27(28,29)30)37-24-5-2-18(10-22(24)13-31)15-35-23-4-3-21-11-19(16-36-25(21)12-23)14-32-8-6-20(7-9-32)26(33)34;;/h2-5,10-12,17,20H,6-9,14-16H2,1H3,(H,33,34);1H4;1H/t17-;;/m0../s1. The Bertz CT molecular complexity index is 1220. The van der Waals surface area contributed by atoms with Gasteiger partial charge in [0.05, 0.1) is 11.5 Å². The molecule has 0 amide bonds. The average molecular weight is 569 g/mol. The Morgan fingerprint density at radius 1 is 1.23 bits per heavy atom. The number of fused-ring (bicyclic) bond motifs is 1. The van der Waals surface area contributed by atoms with Gasteiger partial charge in [-0.3, -0.25) is 9.69 Å². The normalized spacial score (nSPS) is 16.2. The first-order valence-corrected chi connectivity index (χ1v) is 11.9. The van der Waals surface area contributed by atoms with Gasteiger partial charge in [-0.05, 0) is 74.3 Å². The molecule has 7 nitrogen and oxygen atoms in total. The zero-order chi connectivity index (χ0) is 26.6. The van der Waals surface area contributed by atoms with Gasteiger partial charge in [-0.15, -0.1) is 12.4 Å². The molecule has 4 rings (SSSR count). The number of aliphatic carboxylic acids is 1. The van der Waals surface area contributed by atoms with Gasteiger partial charge >= 0.3 is 12.1 Å². The lowest BCUT2D eigenvalue weighted by Gasteiger charge is -2.31. The number of alkyl halides is 3. The van der Waals surface area contributed by atoms with Crippen LogP contribution < -0.4 is 14.2 Å². The molecule has 0 spiro atoms. The van der Waals surface area contributed by atoms with Crippen molar-refractivity contribution in [3.63, 3.8) is 0 Å². The van der Waals surface area contributed by atoms with Gasteiger partial charge in [-0.2, -0.15) is 18.4 Å². The zero-order valence-corrected chi connectivity index (χ0v) is 21.5. The van der Waals surface area contributed by atoms with Crippen LogP contribution >= 0.6 is 12.4 Å². The van der Waals surface area contributed by atoms with Crippen LogP contribution in [0.1, 0.15) is 43.9 Å². The topological polar surface area (TPSA) is 92.0 Å². The molecule has 1 fully saturated rings. The summed E-state index contributed by atoms with van der Waals surface area (Å²) >= 11 is 0. The maximum Gasteiger partial charge on any atom is 0.425 e. The van der Waals surface area contributed by atoms with Crippen molar-refractivity contribution in [3.05, 3.63) is 58.7 Å². The molecule has 2 heterocycles. The lowest BCUT2D eigenvalue weighted by atomic mass is 9.96. The van der Waals surface area contributed by atoms with E-state index in [4.69, 9.17) is 19.3 Å². The number of carbonyl (C=O) groups is 1. The lowest BCUT2D eigenvalue weighted by Crippen LogP contribution is -2.38. The quantitative estimate of drug-likeness (QED) is 0.411. The van der Waals surface area contributed by atoms with E-state index in [1.807, 2.05) is 12.1 Å². The van der Waals surface area contributed by atoms with Crippen molar-refractivity contribution < 1.29 is 37.3 Å². The summed E-state index contributed by atoms with van der Waals surface area (Å²) in [6.45, 7) is 3.64. The summed E-state index contributed by atoms with van der Waals surface area (Å²) < 4.78 is 55.0. The third-order valence-electron chi connectivity index (χ3n) is 6.46. The van der Waals surface area contributed by atoms with Gasteiger partial charge in [0.25, 0.3) is 0 Å². The number of rotatable bonds is 8. The number of nitrogens with zero attached hydrogens (tertiary/aromatic N) is 2. The molecule has 11 heteroatoms. The molecule has 0 unspecified atom stereocenters. The Morgan fingerprint density at radius 3 is 2.59 bits per heavy atom. The monoisotopic (exact) mass is 568 g/mol. The Kier molecular flexibility index (Phi) is 11.1. The first kappa shape index (κ1) is 31.8. The molecule has 2 aliphatic rings. The summed E-state index contributed by atoms with van der Waals surface area (Å²) in [4.78, 5) is 13.4. The molecule has 2 aromatic carbocycles. The van der Waals surface area contributed by atoms with E-state index in [1.54, 1.807) is 18.2 Å². The Labute approximate surface area is 232 Å². The van der Waals surface area contributed by atoms with Crippen LogP contribution in [0.2, 0.25) is 0 Å². The van der Waals surface area contributed by atoms with Crippen LogP contribution in [0.25, 0.3) is 6.08 Å². The van der Waals surface area contributed by atoms with E-state index in [9.17, 15) is 23.2 Å². The maximum atomic E-state index is 12.8. The Balaban J connectivity index is 0.00000267. The summed E-state index contributed by atoms with van der Waals surface area (Å²) in [7, 11) is 0. The zero-order valence-electron chi connectivity index (χ0n) is 20.7. The van der Waals surface area contributed by atoms with Crippen LogP contribution in [0, 0.1) is 17.2 Å². The summed E-state index contributed by atoms with van der Waals surface area (Å²) in [5.41, 5.74) is 2.63. The van der Waals surface area contributed by atoms with Crippen LogP contribution in [0.4, 0.5) is 13.2 Å². The molecule has 0 radical (unpaired) electrons. The third-order valence-corrected chi connectivity index (χ3v) is 6.46. The van der Waals surface area contributed by atoms with Crippen molar-refractivity contribution in [2.75, 3.05) is 26.2 Å². The highest BCUT2D eigenvalue weighted by Gasteiger charge is 2.38. The second-order valence-electron chi connectivity index (χ2n) is 9.21. The summed E-state index contributed by atoms with van der Waals surface area (Å²) in [5.74, 6) is 0.109. The summed E-state index contributed by atoms with van der Waals surface area (Å²) in [5, 5.41) is 18.5. The van der Waals surface area contributed by atoms with E-state index in [0.29, 0.717) is 36.5 Å². The third kappa shape index (κ3) is 8.28. The van der Waals surface area contributed by atoms with Crippen molar-refractivity contribution in [3.8, 4) is 23.3 Å². The fraction of sp³-hybridized carbons (Fsp3) is 0.429. The maximum absolute atomic E-state index is 12.8. The van der Waals surface area contributed by atoms with Gasteiger partial charge in [0, 0.05) is 18.2 Å². The number of piperidine rings is 1. The molecular weight excluding hydrogens is 537 g/mol. The van der Waals surface area contributed by atoms with Gasteiger partial charge in [0.1, 0.15) is 36.5 Å². The highest BCUT2D eigenvalue weighted by molar-refractivity contribution is 5.85. The minimum Gasteiger partial charge on any atom is -0.489 e. The van der Waals surface area contributed by atoms with E-state index in [1.165, 1.54) is 12.1 Å². The van der Waals surface area contributed by atoms with Gasteiger partial charge < -0.3 is 19.3 Å². The first-order valence-electron chi connectivity index (χ1n) is 11.9. The van der Waals surface area contributed by atoms with E-state index >= 15 is 0 Å². The number of hydrogen-bond donors (Lipinski definition) is 1. The van der Waals surface area contributed by atoms with Gasteiger partial charge in [-0.1, -0.05) is 13.5 Å². The van der Waals surface area contributed by atoms with Crippen molar-refractivity contribution in [2.45, 2.75) is 46.1 Å². The molecule has 0 bridgehead atoms. The smallest absolute Gasteiger partial charge is 0.425 e. The summed E-state index contributed by atoms with van der Waals surface area (Å²) in [6, 6.07) is 11.7. The van der Waals surface area contributed by atoms with E-state index < -0.39 is 18.2 Å². The Hall–Kier alpha value is -3.42. The number of ether oxygens (including phenoxy) is 3. The van der Waals surface area contributed by atoms with Crippen LogP contribution in [0.5, 0.6) is 17.2 Å². The number of benzene rings is 2. The molecule has 0 saturated carbocycles. The minimum absolute atomic E-state index is 0. The van der Waals surface area contributed by atoms with Crippen molar-refractivity contribution in [2.24, 2.45) is 5.92 Å². The SMILES string of the molecule is C.C[C@H](Oc1ccc(COc2ccc3c(c2)OCC(CN2CCC(C(=O)O)CC2)=C3)cc1C#N)C(F)(F)F.Cl. The fourth-order valence-electron chi connectivity index (χ4n) is 4.28. The van der Waals surface area contributed by atoms with Crippen molar-refractivity contribution >= 4 is 24.5 Å². The predicted octanol–water partition coefficient (Wildman–Crippen LogP) is 6.10. The predicted molar refractivity (Wildman–Crippen MR) is 142 cm³/mol. The molecule has 0 aliphatic carbocycles. The first-order chi connectivity index (χ1) is 17.6. The molecule has 1 atom stereocenters. The average Bonchev–Trinajstić information content (AvgIpc) is 2.87. The second-order valence-corrected chi connectivity index (χ2v) is 9.21. The van der Waals surface area contributed by atoms with Gasteiger partial charge in [0.2, 0.25) is 0 Å². The van der Waals surface area contributed by atoms with Gasteiger partial charge in [0.15, 0.2) is 6.10 Å². The van der Waals surface area contributed by atoms with Crippen LogP contribution in [-0.4, -0.2) is 54.5 Å². The largest absolute Gasteiger partial charge is 0.489 e. The second kappa shape index (κ2) is 13.6. The van der Waals surface area contributed by atoms with Crippen molar-refractivity contribution in [1.82, 2.24) is 4.90 Å². The number of carboxylic acid groups (broad SMARTS) is 1. The van der Waals surface area contributed by atoms with E-state index in [2.05, 4.69) is 11.0 Å². The lowest BCUT2D eigenvalue weighted by molar-refractivity contribution is -0.189. The number of halogens is 4. The summed E-state index contributed by atoms with van der Waals surface area (Å²) in [6.07, 6.45) is -3.18. The minimum atomic E-state index is -4.53. The van der Waals surface area contributed by atoms with Crippen molar-refractivity contribution in [1.29, 1.82) is 5.26 Å². The van der Waals surface area contributed by atoms with E-state index in [0.717, 1.165) is 37.7 Å². The molecule has 2 aliphatic heterocycles. The molecule has 39 heavy (non-hydrogen) atoms.